The average molecular weight is 293 g/mol. The molecule has 0 aliphatic carbocycles. The standard InChI is InChI=1S/C14H15NO6/c1-3-19-12(16)11(13(17)20-4-2)15-9-7-5-6-8-10(9)21-14(15)18/h5-8,11H,3-4H2,1-2H3. The predicted octanol–water partition coefficient (Wildman–Crippen LogP) is 1.26. The number of nitrogens with zero attached hydrogens (tertiary/aromatic N) is 1. The predicted molar refractivity (Wildman–Crippen MR) is 72.8 cm³/mol. The van der Waals surface area contributed by atoms with Crippen LogP contribution in [0.1, 0.15) is 19.9 Å². The maximum absolute atomic E-state index is 12.0. The summed E-state index contributed by atoms with van der Waals surface area (Å²) in [5.41, 5.74) is 0.606. The number of fused-ring (bicyclic) bond motifs is 1. The molecule has 0 atom stereocenters. The highest BCUT2D eigenvalue weighted by Crippen LogP contribution is 2.19. The summed E-state index contributed by atoms with van der Waals surface area (Å²) in [4.78, 5) is 36.0. The third-order valence-corrected chi connectivity index (χ3v) is 2.80. The fourth-order valence-electron chi connectivity index (χ4n) is 1.98. The summed E-state index contributed by atoms with van der Waals surface area (Å²) >= 11 is 0. The van der Waals surface area contributed by atoms with Crippen molar-refractivity contribution in [3.05, 3.63) is 34.8 Å². The Morgan fingerprint density at radius 1 is 1.14 bits per heavy atom. The molecule has 0 amide bonds. The molecular formula is C14H15NO6. The van der Waals surface area contributed by atoms with Crippen LogP contribution in [0, 0.1) is 0 Å². The number of para-hydroxylation sites is 2. The number of benzene rings is 1. The zero-order valence-corrected chi connectivity index (χ0v) is 11.7. The minimum absolute atomic E-state index is 0.0826. The zero-order valence-electron chi connectivity index (χ0n) is 11.7. The molecule has 0 bridgehead atoms. The van der Waals surface area contributed by atoms with Crippen molar-refractivity contribution < 1.29 is 23.5 Å². The molecule has 0 aliphatic rings. The normalized spacial score (nSPS) is 10.8. The molecule has 1 aromatic carbocycles. The van der Waals surface area contributed by atoms with Gasteiger partial charge in [-0.25, -0.2) is 19.0 Å². The Morgan fingerprint density at radius 3 is 2.29 bits per heavy atom. The lowest BCUT2D eigenvalue weighted by Crippen LogP contribution is -2.35. The first-order valence-corrected chi connectivity index (χ1v) is 6.53. The van der Waals surface area contributed by atoms with Crippen molar-refractivity contribution >= 4 is 23.0 Å². The van der Waals surface area contributed by atoms with Gasteiger partial charge < -0.3 is 13.9 Å². The van der Waals surface area contributed by atoms with Gasteiger partial charge in [0.05, 0.1) is 18.7 Å². The van der Waals surface area contributed by atoms with E-state index in [2.05, 4.69) is 0 Å². The summed E-state index contributed by atoms with van der Waals surface area (Å²) in [7, 11) is 0. The SMILES string of the molecule is CCOC(=O)C(C(=O)OCC)n1c(=O)oc2ccccc21. The first-order valence-electron chi connectivity index (χ1n) is 6.53. The van der Waals surface area contributed by atoms with Crippen LogP contribution in [0.15, 0.2) is 33.5 Å². The summed E-state index contributed by atoms with van der Waals surface area (Å²) in [5, 5.41) is 0. The molecule has 0 unspecified atom stereocenters. The van der Waals surface area contributed by atoms with Crippen LogP contribution in [-0.4, -0.2) is 29.7 Å². The third kappa shape index (κ3) is 2.81. The molecule has 21 heavy (non-hydrogen) atoms. The van der Waals surface area contributed by atoms with Crippen LogP contribution in [0.25, 0.3) is 11.1 Å². The molecule has 0 spiro atoms. The molecule has 0 fully saturated rings. The molecule has 0 N–H and O–H groups in total. The van der Waals surface area contributed by atoms with E-state index in [1.165, 1.54) is 0 Å². The van der Waals surface area contributed by atoms with E-state index in [4.69, 9.17) is 13.9 Å². The first-order chi connectivity index (χ1) is 10.1. The molecule has 1 heterocycles. The lowest BCUT2D eigenvalue weighted by Gasteiger charge is -2.14. The second kappa shape index (κ2) is 6.25. The number of hydrogen-bond acceptors (Lipinski definition) is 6. The van der Waals surface area contributed by atoms with Crippen LogP contribution in [0.4, 0.5) is 0 Å². The second-order valence-corrected chi connectivity index (χ2v) is 4.11. The molecule has 7 nitrogen and oxygen atoms in total. The second-order valence-electron chi connectivity index (χ2n) is 4.11. The maximum Gasteiger partial charge on any atom is 0.421 e. The van der Waals surface area contributed by atoms with Gasteiger partial charge in [-0.2, -0.15) is 0 Å². The fraction of sp³-hybridized carbons (Fsp3) is 0.357. The molecular weight excluding hydrogens is 278 g/mol. The monoisotopic (exact) mass is 293 g/mol. The van der Waals surface area contributed by atoms with Crippen LogP contribution in [0.3, 0.4) is 0 Å². The largest absolute Gasteiger partial charge is 0.464 e. The van der Waals surface area contributed by atoms with Crippen LogP contribution >= 0.6 is 0 Å². The lowest BCUT2D eigenvalue weighted by molar-refractivity contribution is -0.160. The van der Waals surface area contributed by atoms with Crippen LogP contribution in [0.2, 0.25) is 0 Å². The van der Waals surface area contributed by atoms with Crippen molar-refractivity contribution in [1.29, 1.82) is 0 Å². The van der Waals surface area contributed by atoms with Crippen molar-refractivity contribution in [3.8, 4) is 0 Å². The maximum atomic E-state index is 12.0. The van der Waals surface area contributed by atoms with Gasteiger partial charge in [0.2, 0.25) is 6.04 Å². The number of carbonyl (C=O) groups excluding carboxylic acids is 2. The summed E-state index contributed by atoms with van der Waals surface area (Å²) in [6, 6.07) is 4.98. The quantitative estimate of drug-likeness (QED) is 0.609. The van der Waals surface area contributed by atoms with Crippen LogP contribution in [0.5, 0.6) is 0 Å². The van der Waals surface area contributed by atoms with E-state index in [1.54, 1.807) is 38.1 Å². The van der Waals surface area contributed by atoms with E-state index in [-0.39, 0.29) is 18.8 Å². The van der Waals surface area contributed by atoms with Crippen LogP contribution in [-0.2, 0) is 19.1 Å². The summed E-state index contributed by atoms with van der Waals surface area (Å²) < 4.78 is 15.7. The van der Waals surface area contributed by atoms with E-state index in [1.807, 2.05) is 0 Å². The van der Waals surface area contributed by atoms with Gasteiger partial charge in [0.25, 0.3) is 0 Å². The van der Waals surface area contributed by atoms with Gasteiger partial charge in [-0.05, 0) is 26.0 Å². The molecule has 112 valence electrons. The highest BCUT2D eigenvalue weighted by atomic mass is 16.6. The average Bonchev–Trinajstić information content (AvgIpc) is 2.77. The highest BCUT2D eigenvalue weighted by Gasteiger charge is 2.35. The van der Waals surface area contributed by atoms with Gasteiger partial charge in [-0.15, -0.1) is 0 Å². The number of oxazole rings is 1. The van der Waals surface area contributed by atoms with Gasteiger partial charge in [0, 0.05) is 0 Å². The molecule has 0 saturated heterocycles. The van der Waals surface area contributed by atoms with E-state index in [0.29, 0.717) is 5.52 Å². The van der Waals surface area contributed by atoms with Crippen molar-refractivity contribution in [1.82, 2.24) is 4.57 Å². The number of carbonyl (C=O) groups is 2. The van der Waals surface area contributed by atoms with E-state index in [9.17, 15) is 14.4 Å². The van der Waals surface area contributed by atoms with Gasteiger partial charge >= 0.3 is 17.7 Å². The topological polar surface area (TPSA) is 87.7 Å². The first kappa shape index (κ1) is 14.8. The van der Waals surface area contributed by atoms with Crippen molar-refractivity contribution in [2.75, 3.05) is 13.2 Å². The zero-order chi connectivity index (χ0) is 15.4. The van der Waals surface area contributed by atoms with Crippen molar-refractivity contribution in [3.63, 3.8) is 0 Å². The fourth-order valence-corrected chi connectivity index (χ4v) is 1.98. The Morgan fingerprint density at radius 2 is 1.71 bits per heavy atom. The van der Waals surface area contributed by atoms with E-state index < -0.39 is 23.7 Å². The smallest absolute Gasteiger partial charge is 0.421 e. The molecule has 0 aliphatic heterocycles. The number of rotatable bonds is 5. The lowest BCUT2D eigenvalue weighted by atomic mass is 10.2. The minimum Gasteiger partial charge on any atom is -0.464 e. The highest BCUT2D eigenvalue weighted by molar-refractivity contribution is 5.98. The minimum atomic E-state index is -1.51. The number of hydrogen-bond donors (Lipinski definition) is 0. The van der Waals surface area contributed by atoms with Gasteiger partial charge in [0.1, 0.15) is 0 Å². The molecule has 2 rings (SSSR count). The number of esters is 2. The summed E-state index contributed by atoms with van der Waals surface area (Å²) in [6.07, 6.45) is 0. The number of aromatic nitrogens is 1. The molecule has 0 radical (unpaired) electrons. The Bertz CT molecular complexity index is 696. The van der Waals surface area contributed by atoms with Crippen LogP contribution < -0.4 is 5.76 Å². The van der Waals surface area contributed by atoms with Gasteiger partial charge in [-0.1, -0.05) is 12.1 Å². The number of ether oxygens (including phenoxy) is 2. The Balaban J connectivity index is 2.58. The molecule has 2 aromatic rings. The summed E-state index contributed by atoms with van der Waals surface area (Å²) in [6.45, 7) is 3.38. The molecule has 1 aromatic heterocycles. The van der Waals surface area contributed by atoms with E-state index >= 15 is 0 Å². The third-order valence-electron chi connectivity index (χ3n) is 2.80. The molecule has 0 saturated carbocycles. The Kier molecular flexibility index (Phi) is 4.42. The van der Waals surface area contributed by atoms with E-state index in [0.717, 1.165) is 4.57 Å². The van der Waals surface area contributed by atoms with Gasteiger partial charge in [-0.3, -0.25) is 0 Å². The Labute approximate surface area is 120 Å². The van der Waals surface area contributed by atoms with Crippen molar-refractivity contribution in [2.24, 2.45) is 0 Å². The Hall–Kier alpha value is -2.57. The van der Waals surface area contributed by atoms with Gasteiger partial charge in [0.15, 0.2) is 5.58 Å². The van der Waals surface area contributed by atoms with Crippen molar-refractivity contribution in [2.45, 2.75) is 19.9 Å². The summed E-state index contributed by atoms with van der Waals surface area (Å²) in [5.74, 6) is -2.53. The molecule has 7 heteroatoms.